The first-order valence-electron chi connectivity index (χ1n) is 12.8. The molecular weight excluding hydrogens is 550 g/mol. The second-order valence-electron chi connectivity index (χ2n) is 10.6. The largest absolute Gasteiger partial charge is 0.495 e. The minimum absolute atomic E-state index is 0.0223. The number of nitrogens with one attached hydrogen (secondary N) is 1. The highest BCUT2D eigenvalue weighted by molar-refractivity contribution is 7.92. The number of amides is 2. The molecule has 2 amide bonds. The van der Waals surface area contributed by atoms with Crippen LogP contribution in [0.25, 0.3) is 0 Å². The maximum absolute atomic E-state index is 14.0. The lowest BCUT2D eigenvalue weighted by Crippen LogP contribution is -2.54. The summed E-state index contributed by atoms with van der Waals surface area (Å²) in [7, 11) is -2.76. The fourth-order valence-corrected chi connectivity index (χ4v) is 5.63. The Kier molecular flexibility index (Phi) is 9.87. The van der Waals surface area contributed by atoms with Gasteiger partial charge in [0.2, 0.25) is 11.8 Å². The van der Waals surface area contributed by atoms with Gasteiger partial charge in [0, 0.05) is 17.1 Å². The maximum atomic E-state index is 14.0. The van der Waals surface area contributed by atoms with Gasteiger partial charge in [-0.25, -0.2) is 8.42 Å². The molecule has 0 spiro atoms. The van der Waals surface area contributed by atoms with Crippen molar-refractivity contribution < 1.29 is 22.7 Å². The zero-order valence-electron chi connectivity index (χ0n) is 23.6. The highest BCUT2D eigenvalue weighted by Crippen LogP contribution is 2.33. The van der Waals surface area contributed by atoms with Crippen LogP contribution in [-0.2, 0) is 26.2 Å². The van der Waals surface area contributed by atoms with Crippen LogP contribution < -0.4 is 14.4 Å². The minimum atomic E-state index is -4.20. The van der Waals surface area contributed by atoms with E-state index in [9.17, 15) is 18.0 Å². The molecule has 3 aromatic rings. The number of nitrogens with zero attached hydrogens (tertiary/aromatic N) is 2. The number of rotatable bonds is 10. The van der Waals surface area contributed by atoms with Gasteiger partial charge in [-0.15, -0.1) is 0 Å². The van der Waals surface area contributed by atoms with E-state index in [1.165, 1.54) is 24.1 Å². The smallest absolute Gasteiger partial charge is 0.264 e. The van der Waals surface area contributed by atoms with Crippen molar-refractivity contribution >= 4 is 39.1 Å². The second kappa shape index (κ2) is 12.7. The summed E-state index contributed by atoms with van der Waals surface area (Å²) >= 11 is 6.05. The molecule has 0 heterocycles. The zero-order valence-corrected chi connectivity index (χ0v) is 25.2. The third-order valence-corrected chi connectivity index (χ3v) is 8.17. The first-order valence-corrected chi connectivity index (χ1v) is 14.6. The molecule has 0 saturated carbocycles. The average Bonchev–Trinajstić information content (AvgIpc) is 2.90. The van der Waals surface area contributed by atoms with Crippen molar-refractivity contribution in [3.05, 3.63) is 88.9 Å². The summed E-state index contributed by atoms with van der Waals surface area (Å²) < 4.78 is 34.5. The van der Waals surface area contributed by atoms with Crippen molar-refractivity contribution in [2.75, 3.05) is 18.0 Å². The zero-order chi connectivity index (χ0) is 29.7. The third kappa shape index (κ3) is 7.76. The number of carbonyl (C=O) groups excluding carboxylic acids is 2. The first-order chi connectivity index (χ1) is 18.7. The SMILES string of the molecule is COc1ccc(C)cc1N(CC(=O)N(Cc1ccc(Cl)cc1)[C@H](C)C(=O)NC(C)(C)C)S(=O)(=O)c1ccccc1. The summed E-state index contributed by atoms with van der Waals surface area (Å²) in [5, 5.41) is 3.44. The number of aryl methyl sites for hydroxylation is 1. The standard InChI is InChI=1S/C30H36ClN3O5S/c1-21-12-17-27(39-6)26(18-21)34(40(37,38)25-10-8-7-9-11-25)20-28(35)33(19-23-13-15-24(31)16-14-23)22(2)29(36)32-30(3,4)5/h7-18,22H,19-20H2,1-6H3,(H,32,36)/t22-/m1/s1. The Morgan fingerprint density at radius 3 is 2.20 bits per heavy atom. The predicted octanol–water partition coefficient (Wildman–Crippen LogP) is 5.18. The van der Waals surface area contributed by atoms with Crippen LogP contribution in [0, 0.1) is 6.92 Å². The van der Waals surface area contributed by atoms with Crippen LogP contribution in [0.5, 0.6) is 5.75 Å². The number of methoxy groups -OCH3 is 1. The molecule has 0 saturated heterocycles. The van der Waals surface area contributed by atoms with E-state index in [4.69, 9.17) is 16.3 Å². The predicted molar refractivity (Wildman–Crippen MR) is 158 cm³/mol. The molecule has 0 fully saturated rings. The van der Waals surface area contributed by atoms with E-state index in [1.54, 1.807) is 67.6 Å². The molecule has 0 aliphatic heterocycles. The number of anilines is 1. The third-order valence-electron chi connectivity index (χ3n) is 6.14. The Bertz CT molecular complexity index is 1440. The molecule has 0 bridgehead atoms. The van der Waals surface area contributed by atoms with E-state index in [2.05, 4.69) is 5.32 Å². The fraction of sp³-hybridized carbons (Fsp3) is 0.333. The minimum Gasteiger partial charge on any atom is -0.495 e. The van der Waals surface area contributed by atoms with Gasteiger partial charge in [0.15, 0.2) is 0 Å². The van der Waals surface area contributed by atoms with Crippen LogP contribution in [0.15, 0.2) is 77.7 Å². The molecule has 3 rings (SSSR count). The van der Waals surface area contributed by atoms with Crippen LogP contribution >= 0.6 is 11.6 Å². The number of halogens is 1. The van der Waals surface area contributed by atoms with Gasteiger partial charge in [-0.05, 0) is 82.1 Å². The normalized spacial score (nSPS) is 12.4. The van der Waals surface area contributed by atoms with Gasteiger partial charge in [0.05, 0.1) is 17.7 Å². The van der Waals surface area contributed by atoms with Crippen molar-refractivity contribution in [3.63, 3.8) is 0 Å². The summed E-state index contributed by atoms with van der Waals surface area (Å²) in [5.74, 6) is -0.629. The van der Waals surface area contributed by atoms with Crippen LogP contribution in [0.1, 0.15) is 38.8 Å². The van der Waals surface area contributed by atoms with E-state index < -0.39 is 34.1 Å². The molecule has 214 valence electrons. The summed E-state index contributed by atoms with van der Waals surface area (Å²) in [6.45, 7) is 8.50. The van der Waals surface area contributed by atoms with Gasteiger partial charge < -0.3 is 15.0 Å². The Labute approximate surface area is 241 Å². The molecule has 8 nitrogen and oxygen atoms in total. The molecule has 40 heavy (non-hydrogen) atoms. The quantitative estimate of drug-likeness (QED) is 0.353. The number of hydrogen-bond acceptors (Lipinski definition) is 5. The van der Waals surface area contributed by atoms with Gasteiger partial charge in [0.25, 0.3) is 10.0 Å². The molecule has 10 heteroatoms. The Morgan fingerprint density at radius 1 is 1.00 bits per heavy atom. The van der Waals surface area contributed by atoms with Crippen LogP contribution in [0.2, 0.25) is 5.02 Å². The fourth-order valence-electron chi connectivity index (χ4n) is 4.07. The number of ether oxygens (including phenoxy) is 1. The average molecular weight is 586 g/mol. The van der Waals surface area contributed by atoms with Crippen LogP contribution in [0.4, 0.5) is 5.69 Å². The van der Waals surface area contributed by atoms with E-state index in [0.29, 0.717) is 10.8 Å². The maximum Gasteiger partial charge on any atom is 0.264 e. The molecule has 1 N–H and O–H groups in total. The topological polar surface area (TPSA) is 96.0 Å². The van der Waals surface area contributed by atoms with Crippen molar-refractivity contribution in [2.45, 2.75) is 57.6 Å². The molecule has 0 aromatic heterocycles. The lowest BCUT2D eigenvalue weighted by Gasteiger charge is -2.33. The van der Waals surface area contributed by atoms with Crippen molar-refractivity contribution in [1.29, 1.82) is 0 Å². The van der Waals surface area contributed by atoms with Gasteiger partial charge in [-0.2, -0.15) is 0 Å². The van der Waals surface area contributed by atoms with Gasteiger partial charge in [0.1, 0.15) is 18.3 Å². The van der Waals surface area contributed by atoms with Crippen molar-refractivity contribution in [3.8, 4) is 5.75 Å². The van der Waals surface area contributed by atoms with Crippen LogP contribution in [-0.4, -0.2) is 50.4 Å². The number of sulfonamides is 1. The summed E-state index contributed by atoms with van der Waals surface area (Å²) in [6.07, 6.45) is 0. The Balaban J connectivity index is 2.09. The van der Waals surface area contributed by atoms with Crippen molar-refractivity contribution in [1.82, 2.24) is 10.2 Å². The molecule has 1 atom stereocenters. The van der Waals surface area contributed by atoms with E-state index in [0.717, 1.165) is 15.4 Å². The summed E-state index contributed by atoms with van der Waals surface area (Å²) in [6, 6.07) is 19.0. The molecule has 0 aliphatic carbocycles. The molecular formula is C30H36ClN3O5S. The number of hydrogen-bond donors (Lipinski definition) is 1. The highest BCUT2D eigenvalue weighted by atomic mass is 35.5. The first kappa shape index (κ1) is 31.0. The van der Waals surface area contributed by atoms with E-state index in [-0.39, 0.29) is 23.0 Å². The summed E-state index contributed by atoms with van der Waals surface area (Å²) in [4.78, 5) is 28.6. The molecule has 0 unspecified atom stereocenters. The molecule has 0 aliphatic rings. The van der Waals surface area contributed by atoms with E-state index >= 15 is 0 Å². The van der Waals surface area contributed by atoms with Crippen LogP contribution in [0.3, 0.4) is 0 Å². The summed E-state index contributed by atoms with van der Waals surface area (Å²) in [5.41, 5.74) is 1.21. The monoisotopic (exact) mass is 585 g/mol. The highest BCUT2D eigenvalue weighted by Gasteiger charge is 2.34. The molecule has 3 aromatic carbocycles. The number of benzene rings is 3. The second-order valence-corrected chi connectivity index (χ2v) is 12.9. The Hall–Kier alpha value is -3.56. The van der Waals surface area contributed by atoms with Gasteiger partial charge >= 0.3 is 0 Å². The lowest BCUT2D eigenvalue weighted by atomic mass is 10.1. The number of carbonyl (C=O) groups is 2. The van der Waals surface area contributed by atoms with Gasteiger partial charge in [-0.1, -0.05) is 48.0 Å². The molecule has 0 radical (unpaired) electrons. The van der Waals surface area contributed by atoms with Crippen molar-refractivity contribution in [2.24, 2.45) is 0 Å². The van der Waals surface area contributed by atoms with E-state index in [1.807, 2.05) is 27.7 Å². The Morgan fingerprint density at radius 2 is 1.62 bits per heavy atom. The van der Waals surface area contributed by atoms with Gasteiger partial charge in [-0.3, -0.25) is 13.9 Å². The lowest BCUT2D eigenvalue weighted by molar-refractivity contribution is -0.140.